The van der Waals surface area contributed by atoms with Crippen LogP contribution in [0.4, 0.5) is 0 Å². The summed E-state index contributed by atoms with van der Waals surface area (Å²) in [6.07, 6.45) is 6.56. The van der Waals surface area contributed by atoms with Crippen molar-refractivity contribution >= 4 is 18.0 Å². The number of hydrogen-bond donors (Lipinski definition) is 0. The first-order chi connectivity index (χ1) is 5.88. The molecule has 66 valence electrons. The maximum Gasteiger partial charge on any atom is 0.133 e. The number of nitrogens with zero attached hydrogens (tertiary/aromatic N) is 1. The quantitative estimate of drug-likeness (QED) is 0.375. The molecular weight excluding hydrogens is 170 g/mol. The van der Waals surface area contributed by atoms with Gasteiger partial charge in [-0.3, -0.25) is 0 Å². The molecular formula is C9H13NOS. The molecule has 0 aliphatic heterocycles. The minimum Gasteiger partial charge on any atom is -0.303 e. The molecule has 0 bridgehead atoms. The molecule has 0 aromatic rings. The van der Waals surface area contributed by atoms with E-state index < -0.39 is 0 Å². The highest BCUT2D eigenvalue weighted by Gasteiger charge is 2.23. The van der Waals surface area contributed by atoms with Crippen molar-refractivity contribution < 1.29 is 4.79 Å². The van der Waals surface area contributed by atoms with Crippen molar-refractivity contribution in [2.24, 2.45) is 5.92 Å². The second-order valence-electron chi connectivity index (χ2n) is 3.19. The zero-order valence-electron chi connectivity index (χ0n) is 7.03. The number of carbonyl (C=O) groups is 1. The lowest BCUT2D eigenvalue weighted by Gasteiger charge is -2.14. The van der Waals surface area contributed by atoms with E-state index in [1.54, 1.807) is 0 Å². The van der Waals surface area contributed by atoms with E-state index in [1.807, 2.05) is 0 Å². The molecule has 1 aliphatic carbocycles. The molecule has 2 atom stereocenters. The molecule has 0 amide bonds. The second-order valence-corrected chi connectivity index (χ2v) is 4.21. The number of nitriles is 1. The van der Waals surface area contributed by atoms with Gasteiger partial charge in [0.2, 0.25) is 0 Å². The first-order valence-corrected chi connectivity index (χ1v) is 5.26. The van der Waals surface area contributed by atoms with Crippen LogP contribution in [-0.4, -0.2) is 11.5 Å². The Bertz CT molecular complexity index is 187. The SMILES string of the molecule is N#CSC1CCCCCC1C=O. The number of thiocyanates is 1. The Hall–Kier alpha value is -0.490. The van der Waals surface area contributed by atoms with Gasteiger partial charge >= 0.3 is 0 Å². The predicted octanol–water partition coefficient (Wildman–Crippen LogP) is 2.35. The smallest absolute Gasteiger partial charge is 0.133 e. The van der Waals surface area contributed by atoms with Gasteiger partial charge in [-0.2, -0.15) is 5.26 Å². The highest BCUT2D eigenvalue weighted by Crippen LogP contribution is 2.30. The lowest BCUT2D eigenvalue weighted by molar-refractivity contribution is -0.111. The number of aldehydes is 1. The van der Waals surface area contributed by atoms with E-state index in [-0.39, 0.29) is 11.2 Å². The van der Waals surface area contributed by atoms with E-state index in [9.17, 15) is 4.79 Å². The minimum absolute atomic E-state index is 0.122. The zero-order chi connectivity index (χ0) is 8.81. The molecule has 1 fully saturated rings. The van der Waals surface area contributed by atoms with Gasteiger partial charge in [0.15, 0.2) is 0 Å². The molecule has 0 aromatic carbocycles. The van der Waals surface area contributed by atoms with Gasteiger partial charge in [-0.15, -0.1) is 0 Å². The standard InChI is InChI=1S/C9H13NOS/c10-7-12-9-5-3-1-2-4-8(9)6-11/h6,8-9H,1-5H2. The Morgan fingerprint density at radius 2 is 2.08 bits per heavy atom. The molecule has 0 saturated heterocycles. The first-order valence-electron chi connectivity index (χ1n) is 4.38. The summed E-state index contributed by atoms with van der Waals surface area (Å²) in [5, 5.41) is 10.9. The highest BCUT2D eigenvalue weighted by atomic mass is 32.2. The third kappa shape index (κ3) is 2.53. The zero-order valence-corrected chi connectivity index (χ0v) is 7.85. The van der Waals surface area contributed by atoms with E-state index >= 15 is 0 Å². The van der Waals surface area contributed by atoms with Crippen molar-refractivity contribution in [3.63, 3.8) is 0 Å². The Balaban J connectivity index is 2.52. The van der Waals surface area contributed by atoms with Crippen LogP contribution < -0.4 is 0 Å². The van der Waals surface area contributed by atoms with E-state index in [0.717, 1.165) is 25.5 Å². The van der Waals surface area contributed by atoms with Crippen LogP contribution in [-0.2, 0) is 4.79 Å². The molecule has 2 nitrogen and oxygen atoms in total. The monoisotopic (exact) mass is 183 g/mol. The van der Waals surface area contributed by atoms with Crippen LogP contribution >= 0.6 is 11.8 Å². The normalized spacial score (nSPS) is 30.2. The molecule has 1 aliphatic rings. The van der Waals surface area contributed by atoms with Crippen molar-refractivity contribution in [3.8, 4) is 5.40 Å². The van der Waals surface area contributed by atoms with Crippen molar-refractivity contribution in [1.29, 1.82) is 5.26 Å². The number of carbonyl (C=O) groups excluding carboxylic acids is 1. The van der Waals surface area contributed by atoms with E-state index in [1.165, 1.54) is 24.6 Å². The minimum atomic E-state index is 0.122. The van der Waals surface area contributed by atoms with Crippen molar-refractivity contribution in [3.05, 3.63) is 0 Å². The number of rotatable bonds is 2. The largest absolute Gasteiger partial charge is 0.303 e. The Morgan fingerprint density at radius 3 is 2.75 bits per heavy atom. The molecule has 0 aromatic heterocycles. The molecule has 1 saturated carbocycles. The second kappa shape index (κ2) is 5.21. The molecule has 2 unspecified atom stereocenters. The van der Waals surface area contributed by atoms with Gasteiger partial charge in [0, 0.05) is 11.2 Å². The summed E-state index contributed by atoms with van der Waals surface area (Å²) in [4.78, 5) is 10.7. The topological polar surface area (TPSA) is 40.9 Å². The fourth-order valence-corrected chi connectivity index (χ4v) is 2.47. The highest BCUT2D eigenvalue weighted by molar-refractivity contribution is 8.04. The van der Waals surface area contributed by atoms with E-state index in [0.29, 0.717) is 0 Å². The van der Waals surface area contributed by atoms with Gasteiger partial charge in [-0.05, 0) is 24.6 Å². The molecule has 12 heavy (non-hydrogen) atoms. The first kappa shape index (κ1) is 9.60. The summed E-state index contributed by atoms with van der Waals surface area (Å²) < 4.78 is 0. The third-order valence-corrected chi connectivity index (χ3v) is 3.38. The summed E-state index contributed by atoms with van der Waals surface area (Å²) in [5.74, 6) is 0.122. The molecule has 0 N–H and O–H groups in total. The van der Waals surface area contributed by atoms with Gasteiger partial charge < -0.3 is 4.79 Å². The lowest BCUT2D eigenvalue weighted by atomic mass is 10.0. The molecule has 1 rings (SSSR count). The Morgan fingerprint density at radius 1 is 1.33 bits per heavy atom. The van der Waals surface area contributed by atoms with E-state index in [2.05, 4.69) is 5.40 Å². The Labute approximate surface area is 77.3 Å². The summed E-state index contributed by atoms with van der Waals surface area (Å²) in [6, 6.07) is 0. The van der Waals surface area contributed by atoms with Crippen LogP contribution in [0.25, 0.3) is 0 Å². The predicted molar refractivity (Wildman–Crippen MR) is 49.6 cm³/mol. The number of thioether (sulfide) groups is 1. The molecule has 0 heterocycles. The lowest BCUT2D eigenvalue weighted by Crippen LogP contribution is -2.16. The summed E-state index contributed by atoms with van der Waals surface area (Å²) in [7, 11) is 0. The maximum atomic E-state index is 10.7. The van der Waals surface area contributed by atoms with Gasteiger partial charge in [-0.25, -0.2) is 0 Å². The van der Waals surface area contributed by atoms with Crippen LogP contribution in [0.5, 0.6) is 0 Å². The van der Waals surface area contributed by atoms with Gasteiger partial charge in [0.25, 0.3) is 0 Å². The van der Waals surface area contributed by atoms with Crippen LogP contribution in [0.1, 0.15) is 32.1 Å². The van der Waals surface area contributed by atoms with Crippen LogP contribution in [0, 0.1) is 16.6 Å². The average molecular weight is 183 g/mol. The maximum absolute atomic E-state index is 10.7. The Kier molecular flexibility index (Phi) is 4.16. The fraction of sp³-hybridized carbons (Fsp3) is 0.778. The van der Waals surface area contributed by atoms with Gasteiger partial charge in [0.1, 0.15) is 11.7 Å². The summed E-state index contributed by atoms with van der Waals surface area (Å²) >= 11 is 1.27. The molecule has 3 heteroatoms. The summed E-state index contributed by atoms with van der Waals surface area (Å²) in [6.45, 7) is 0. The van der Waals surface area contributed by atoms with Crippen molar-refractivity contribution in [2.45, 2.75) is 37.4 Å². The molecule has 0 spiro atoms. The van der Waals surface area contributed by atoms with Crippen LogP contribution in [0.3, 0.4) is 0 Å². The van der Waals surface area contributed by atoms with Crippen LogP contribution in [0.2, 0.25) is 0 Å². The average Bonchev–Trinajstić information content (AvgIpc) is 2.30. The third-order valence-electron chi connectivity index (χ3n) is 2.38. The number of hydrogen-bond acceptors (Lipinski definition) is 3. The van der Waals surface area contributed by atoms with Crippen molar-refractivity contribution in [2.75, 3.05) is 0 Å². The van der Waals surface area contributed by atoms with E-state index in [4.69, 9.17) is 5.26 Å². The van der Waals surface area contributed by atoms with Gasteiger partial charge in [-0.1, -0.05) is 19.3 Å². The fourth-order valence-electron chi connectivity index (χ4n) is 1.67. The molecule has 0 radical (unpaired) electrons. The van der Waals surface area contributed by atoms with Gasteiger partial charge in [0.05, 0.1) is 0 Å². The van der Waals surface area contributed by atoms with Crippen LogP contribution in [0.15, 0.2) is 0 Å². The van der Waals surface area contributed by atoms with Crippen molar-refractivity contribution in [1.82, 2.24) is 0 Å². The summed E-state index contributed by atoms with van der Waals surface area (Å²) in [5.41, 5.74) is 0.